The van der Waals surface area contributed by atoms with Crippen molar-refractivity contribution in [2.45, 2.75) is 32.2 Å². The Morgan fingerprint density at radius 3 is 2.46 bits per heavy atom. The molecule has 0 aliphatic carbocycles. The first kappa shape index (κ1) is 20.2. The minimum atomic E-state index is 0.148. The van der Waals surface area contributed by atoms with Gasteiger partial charge in [-0.05, 0) is 74.7 Å². The predicted octanol–water partition coefficient (Wildman–Crippen LogP) is 3.55. The summed E-state index contributed by atoms with van der Waals surface area (Å²) in [4.78, 5) is 17.1. The molecular weight excluding hydrogens is 352 g/mol. The number of likely N-dealkylation sites (N-methyl/N-ethyl adjacent to an activating group) is 1. The fourth-order valence-electron chi connectivity index (χ4n) is 3.67. The Morgan fingerprint density at radius 2 is 1.79 bits per heavy atom. The number of aryl methyl sites for hydroxylation is 1. The lowest BCUT2D eigenvalue weighted by Crippen LogP contribution is -2.44. The Hall–Kier alpha value is -2.53. The zero-order chi connectivity index (χ0) is 20.1. The lowest BCUT2D eigenvalue weighted by atomic mass is 10.0. The van der Waals surface area contributed by atoms with E-state index in [0.717, 1.165) is 43.0 Å². The molecule has 3 rings (SSSR count). The first-order valence-electron chi connectivity index (χ1n) is 9.82. The van der Waals surface area contributed by atoms with Crippen molar-refractivity contribution in [1.82, 2.24) is 4.90 Å². The van der Waals surface area contributed by atoms with Gasteiger partial charge in [0.1, 0.15) is 11.5 Å². The van der Waals surface area contributed by atoms with Crippen LogP contribution in [0, 0.1) is 0 Å². The topological polar surface area (TPSA) is 42.0 Å². The number of carbonyl (C=O) groups excluding carboxylic acids is 1. The van der Waals surface area contributed by atoms with Crippen LogP contribution in [0.3, 0.4) is 0 Å². The summed E-state index contributed by atoms with van der Waals surface area (Å²) in [5.74, 6) is 1.86. The molecule has 0 radical (unpaired) electrons. The van der Waals surface area contributed by atoms with Gasteiger partial charge in [-0.2, -0.15) is 0 Å². The number of rotatable bonds is 7. The van der Waals surface area contributed by atoms with Crippen molar-refractivity contribution in [3.63, 3.8) is 0 Å². The van der Waals surface area contributed by atoms with E-state index < -0.39 is 0 Å². The molecular formula is C23H30N2O3. The fourth-order valence-corrected chi connectivity index (χ4v) is 3.67. The van der Waals surface area contributed by atoms with Gasteiger partial charge in [0.2, 0.25) is 5.91 Å². The van der Waals surface area contributed by atoms with Crippen LogP contribution in [0.5, 0.6) is 11.5 Å². The summed E-state index contributed by atoms with van der Waals surface area (Å²) >= 11 is 0. The number of ether oxygens (including phenoxy) is 2. The molecule has 1 aliphatic rings. The van der Waals surface area contributed by atoms with E-state index in [4.69, 9.17) is 9.47 Å². The van der Waals surface area contributed by atoms with E-state index in [9.17, 15) is 4.79 Å². The summed E-state index contributed by atoms with van der Waals surface area (Å²) < 4.78 is 10.5. The van der Waals surface area contributed by atoms with Gasteiger partial charge in [-0.1, -0.05) is 12.1 Å². The summed E-state index contributed by atoms with van der Waals surface area (Å²) in [6, 6.07) is 14.4. The highest BCUT2D eigenvalue weighted by atomic mass is 16.5. The molecule has 28 heavy (non-hydrogen) atoms. The maximum Gasteiger partial charge on any atom is 0.241 e. The second-order valence-electron chi connectivity index (χ2n) is 7.46. The molecule has 0 fully saturated rings. The van der Waals surface area contributed by atoms with Crippen LogP contribution in [0.15, 0.2) is 42.5 Å². The van der Waals surface area contributed by atoms with Crippen molar-refractivity contribution in [1.29, 1.82) is 0 Å². The third-order valence-corrected chi connectivity index (χ3v) is 5.53. The molecule has 1 heterocycles. The number of nitrogens with zero attached hydrogens (tertiary/aromatic N) is 2. The van der Waals surface area contributed by atoms with Crippen molar-refractivity contribution < 1.29 is 14.3 Å². The quantitative estimate of drug-likeness (QED) is 0.734. The third-order valence-electron chi connectivity index (χ3n) is 5.53. The summed E-state index contributed by atoms with van der Waals surface area (Å²) in [5, 5.41) is 0. The summed E-state index contributed by atoms with van der Waals surface area (Å²) in [6.45, 7) is 3.34. The Balaban J connectivity index is 1.62. The Labute approximate surface area is 167 Å². The molecule has 5 heteroatoms. The van der Waals surface area contributed by atoms with Crippen LogP contribution in [0.2, 0.25) is 0 Å². The molecule has 1 amide bonds. The number of hydrogen-bond acceptors (Lipinski definition) is 4. The van der Waals surface area contributed by atoms with Gasteiger partial charge >= 0.3 is 0 Å². The van der Waals surface area contributed by atoms with E-state index >= 15 is 0 Å². The van der Waals surface area contributed by atoms with Crippen LogP contribution in [-0.2, 0) is 17.6 Å². The van der Waals surface area contributed by atoms with Crippen LogP contribution in [0.25, 0.3) is 0 Å². The zero-order valence-electron chi connectivity index (χ0n) is 17.3. The Bertz CT molecular complexity index is 804. The lowest BCUT2D eigenvalue weighted by molar-refractivity contribution is -0.120. The molecule has 0 N–H and O–H groups in total. The van der Waals surface area contributed by atoms with E-state index in [2.05, 4.69) is 24.0 Å². The number of anilines is 1. The van der Waals surface area contributed by atoms with Gasteiger partial charge in [-0.15, -0.1) is 0 Å². The van der Waals surface area contributed by atoms with E-state index in [1.54, 1.807) is 14.2 Å². The molecule has 0 saturated carbocycles. The summed E-state index contributed by atoms with van der Waals surface area (Å²) in [6.07, 6.45) is 2.86. The third kappa shape index (κ3) is 4.65. The minimum Gasteiger partial charge on any atom is -0.497 e. The van der Waals surface area contributed by atoms with Crippen LogP contribution in [-0.4, -0.2) is 51.2 Å². The van der Waals surface area contributed by atoms with Gasteiger partial charge in [0.05, 0.1) is 20.8 Å². The Morgan fingerprint density at radius 1 is 1.11 bits per heavy atom. The number of benzene rings is 2. The standard InChI is InChI=1S/C23H30N2O3/c1-17(14-18-7-9-20(27-3)10-8-18)24(2)16-23(26)25-13-5-6-19-15-21(28-4)11-12-22(19)25/h7-12,15,17H,5-6,13-14,16H2,1-4H3. The SMILES string of the molecule is COc1ccc(CC(C)N(C)CC(=O)N2CCCc3cc(OC)ccc32)cc1. The molecule has 150 valence electrons. The van der Waals surface area contributed by atoms with Gasteiger partial charge in [0, 0.05) is 18.3 Å². The number of methoxy groups -OCH3 is 2. The lowest BCUT2D eigenvalue weighted by Gasteiger charge is -2.32. The van der Waals surface area contributed by atoms with E-state index in [-0.39, 0.29) is 11.9 Å². The maximum atomic E-state index is 13.0. The highest BCUT2D eigenvalue weighted by Gasteiger charge is 2.24. The van der Waals surface area contributed by atoms with Crippen LogP contribution in [0.4, 0.5) is 5.69 Å². The van der Waals surface area contributed by atoms with Gasteiger partial charge < -0.3 is 14.4 Å². The largest absolute Gasteiger partial charge is 0.497 e. The number of fused-ring (bicyclic) bond motifs is 1. The molecule has 2 aromatic rings. The van der Waals surface area contributed by atoms with Crippen molar-refractivity contribution >= 4 is 11.6 Å². The molecule has 0 saturated heterocycles. The molecule has 1 unspecified atom stereocenters. The van der Waals surface area contributed by atoms with Gasteiger partial charge in [0.25, 0.3) is 0 Å². The van der Waals surface area contributed by atoms with Crippen LogP contribution < -0.4 is 14.4 Å². The second-order valence-corrected chi connectivity index (χ2v) is 7.46. The van der Waals surface area contributed by atoms with Crippen molar-refractivity contribution in [2.24, 2.45) is 0 Å². The van der Waals surface area contributed by atoms with E-state index in [1.807, 2.05) is 42.3 Å². The monoisotopic (exact) mass is 382 g/mol. The van der Waals surface area contributed by atoms with Crippen LogP contribution >= 0.6 is 0 Å². The first-order chi connectivity index (χ1) is 13.5. The number of hydrogen-bond donors (Lipinski definition) is 0. The Kier molecular flexibility index (Phi) is 6.57. The average Bonchev–Trinajstić information content (AvgIpc) is 2.73. The highest BCUT2D eigenvalue weighted by molar-refractivity contribution is 5.96. The second kappa shape index (κ2) is 9.11. The molecule has 0 bridgehead atoms. The van der Waals surface area contributed by atoms with Crippen molar-refractivity contribution in [2.75, 3.05) is 39.3 Å². The van der Waals surface area contributed by atoms with Gasteiger partial charge in [-0.3, -0.25) is 9.69 Å². The maximum absolute atomic E-state index is 13.0. The van der Waals surface area contributed by atoms with E-state index in [0.29, 0.717) is 6.54 Å². The van der Waals surface area contributed by atoms with Crippen molar-refractivity contribution in [3.05, 3.63) is 53.6 Å². The number of carbonyl (C=O) groups is 1. The van der Waals surface area contributed by atoms with Gasteiger partial charge in [0.15, 0.2) is 0 Å². The summed E-state index contributed by atoms with van der Waals surface area (Å²) in [7, 11) is 5.36. The van der Waals surface area contributed by atoms with Crippen molar-refractivity contribution in [3.8, 4) is 11.5 Å². The molecule has 0 aromatic heterocycles. The summed E-state index contributed by atoms with van der Waals surface area (Å²) in [5.41, 5.74) is 3.45. The molecule has 2 aromatic carbocycles. The minimum absolute atomic E-state index is 0.148. The average molecular weight is 383 g/mol. The predicted molar refractivity (Wildman–Crippen MR) is 112 cm³/mol. The molecule has 1 atom stereocenters. The zero-order valence-corrected chi connectivity index (χ0v) is 17.3. The number of amides is 1. The van der Waals surface area contributed by atoms with Crippen LogP contribution in [0.1, 0.15) is 24.5 Å². The van der Waals surface area contributed by atoms with E-state index in [1.165, 1.54) is 11.1 Å². The molecule has 5 nitrogen and oxygen atoms in total. The fraction of sp³-hybridized carbons (Fsp3) is 0.435. The molecule has 0 spiro atoms. The highest BCUT2D eigenvalue weighted by Crippen LogP contribution is 2.30. The van der Waals surface area contributed by atoms with Gasteiger partial charge in [-0.25, -0.2) is 0 Å². The first-order valence-corrected chi connectivity index (χ1v) is 9.82. The normalized spacial score (nSPS) is 14.5. The smallest absolute Gasteiger partial charge is 0.241 e. The molecule has 1 aliphatic heterocycles.